The van der Waals surface area contributed by atoms with Gasteiger partial charge in [-0.25, -0.2) is 0 Å². The molecule has 0 amide bonds. The Morgan fingerprint density at radius 3 is 2.65 bits per heavy atom. The molecule has 2 aromatic heterocycles. The molecule has 2 aliphatic rings. The van der Waals surface area contributed by atoms with Crippen LogP contribution in [0.1, 0.15) is 25.7 Å². The second-order valence-corrected chi connectivity index (χ2v) is 7.02. The quantitative estimate of drug-likeness (QED) is 0.890. The summed E-state index contributed by atoms with van der Waals surface area (Å²) in [6, 6.07) is 4.06. The Morgan fingerprint density at radius 2 is 1.95 bits per heavy atom. The molecule has 4 rings (SSSR count). The van der Waals surface area contributed by atoms with Crippen molar-refractivity contribution in [2.24, 2.45) is 17.8 Å². The summed E-state index contributed by atoms with van der Waals surface area (Å²) >= 11 is 3.45. The van der Waals surface area contributed by atoms with Gasteiger partial charge < -0.3 is 5.32 Å². The van der Waals surface area contributed by atoms with Gasteiger partial charge in [0.2, 0.25) is 0 Å². The molecule has 20 heavy (non-hydrogen) atoms. The summed E-state index contributed by atoms with van der Waals surface area (Å²) in [6.07, 6.45) is 9.45. The molecule has 2 aliphatic carbocycles. The van der Waals surface area contributed by atoms with Crippen LogP contribution in [0.4, 0.5) is 5.69 Å². The molecule has 4 heteroatoms. The van der Waals surface area contributed by atoms with Crippen LogP contribution in [-0.4, -0.2) is 16.5 Å². The molecule has 0 aromatic carbocycles. The number of fused-ring (bicyclic) bond motifs is 1. The molecule has 1 N–H and O–H groups in total. The summed E-state index contributed by atoms with van der Waals surface area (Å²) in [6.45, 7) is 1.09. The number of aromatic nitrogens is 2. The van der Waals surface area contributed by atoms with Crippen molar-refractivity contribution in [2.75, 3.05) is 11.9 Å². The van der Waals surface area contributed by atoms with Crippen LogP contribution in [0.25, 0.3) is 11.0 Å². The largest absolute Gasteiger partial charge is 0.383 e. The summed E-state index contributed by atoms with van der Waals surface area (Å²) in [5.74, 6) is 2.82. The average Bonchev–Trinajstić information content (AvgIpc) is 3.32. The zero-order valence-electron chi connectivity index (χ0n) is 11.3. The predicted octanol–water partition coefficient (Wildman–Crippen LogP) is 4.24. The minimum absolute atomic E-state index is 0.869. The van der Waals surface area contributed by atoms with Crippen molar-refractivity contribution < 1.29 is 0 Å². The molecule has 0 aliphatic heterocycles. The first-order valence-electron chi connectivity index (χ1n) is 7.45. The van der Waals surface area contributed by atoms with E-state index in [9.17, 15) is 0 Å². The fourth-order valence-corrected chi connectivity index (χ4v) is 3.46. The number of hydrogen-bond donors (Lipinski definition) is 1. The Labute approximate surface area is 127 Å². The molecule has 3 nitrogen and oxygen atoms in total. The maximum Gasteiger partial charge on any atom is 0.112 e. The van der Waals surface area contributed by atoms with Crippen molar-refractivity contribution >= 4 is 32.7 Å². The van der Waals surface area contributed by atoms with Gasteiger partial charge in [-0.1, -0.05) is 0 Å². The molecule has 104 valence electrons. The topological polar surface area (TPSA) is 37.8 Å². The SMILES string of the molecule is Brc1cnc2c(NCC(C3CC3)C3CC3)ccnc2c1. The van der Waals surface area contributed by atoms with Crippen LogP contribution in [0.5, 0.6) is 0 Å². The van der Waals surface area contributed by atoms with Gasteiger partial charge in [-0.2, -0.15) is 0 Å². The second kappa shape index (κ2) is 4.99. The minimum atomic E-state index is 0.869. The fourth-order valence-electron chi connectivity index (χ4n) is 3.14. The van der Waals surface area contributed by atoms with Gasteiger partial charge in [-0.15, -0.1) is 0 Å². The van der Waals surface area contributed by atoms with E-state index in [0.717, 1.165) is 45.5 Å². The highest BCUT2D eigenvalue weighted by Crippen LogP contribution is 2.49. The summed E-state index contributed by atoms with van der Waals surface area (Å²) in [7, 11) is 0. The highest BCUT2D eigenvalue weighted by atomic mass is 79.9. The van der Waals surface area contributed by atoms with E-state index in [0.29, 0.717) is 0 Å². The maximum absolute atomic E-state index is 4.51. The van der Waals surface area contributed by atoms with Gasteiger partial charge in [-0.3, -0.25) is 9.97 Å². The third kappa shape index (κ3) is 2.53. The number of pyridine rings is 2. The first kappa shape index (κ1) is 12.6. The first-order valence-corrected chi connectivity index (χ1v) is 8.25. The third-order valence-corrected chi connectivity index (χ3v) is 4.96. The predicted molar refractivity (Wildman–Crippen MR) is 84.7 cm³/mol. The Hall–Kier alpha value is -1.16. The zero-order valence-corrected chi connectivity index (χ0v) is 12.9. The molecule has 2 heterocycles. The monoisotopic (exact) mass is 331 g/mol. The van der Waals surface area contributed by atoms with E-state index in [1.54, 1.807) is 0 Å². The van der Waals surface area contributed by atoms with Gasteiger partial charge in [0.1, 0.15) is 5.52 Å². The average molecular weight is 332 g/mol. The van der Waals surface area contributed by atoms with Crippen LogP contribution in [0.3, 0.4) is 0 Å². The smallest absolute Gasteiger partial charge is 0.112 e. The number of anilines is 1. The Bertz CT molecular complexity index is 623. The van der Waals surface area contributed by atoms with Gasteiger partial charge in [-0.05, 0) is 71.5 Å². The van der Waals surface area contributed by atoms with Crippen LogP contribution in [0.2, 0.25) is 0 Å². The molecular weight excluding hydrogens is 314 g/mol. The van der Waals surface area contributed by atoms with E-state index in [1.807, 2.05) is 24.5 Å². The lowest BCUT2D eigenvalue weighted by molar-refractivity contribution is 0.428. The van der Waals surface area contributed by atoms with Crippen molar-refractivity contribution in [1.29, 1.82) is 0 Å². The van der Waals surface area contributed by atoms with Gasteiger partial charge in [0.15, 0.2) is 0 Å². The molecule has 2 aromatic rings. The van der Waals surface area contributed by atoms with E-state index in [2.05, 4.69) is 31.2 Å². The van der Waals surface area contributed by atoms with Crippen molar-refractivity contribution in [2.45, 2.75) is 25.7 Å². The zero-order chi connectivity index (χ0) is 13.5. The Morgan fingerprint density at radius 1 is 1.20 bits per heavy atom. The Balaban J connectivity index is 1.55. The highest BCUT2D eigenvalue weighted by molar-refractivity contribution is 9.10. The summed E-state index contributed by atoms with van der Waals surface area (Å²) in [4.78, 5) is 8.90. The van der Waals surface area contributed by atoms with Gasteiger partial charge in [0.25, 0.3) is 0 Å². The van der Waals surface area contributed by atoms with E-state index in [1.165, 1.54) is 25.7 Å². The Kier molecular flexibility index (Phi) is 3.14. The van der Waals surface area contributed by atoms with Crippen molar-refractivity contribution in [3.8, 4) is 0 Å². The normalized spacial score (nSPS) is 18.7. The highest BCUT2D eigenvalue weighted by Gasteiger charge is 2.41. The van der Waals surface area contributed by atoms with Crippen LogP contribution in [0, 0.1) is 17.8 Å². The molecule has 0 unspecified atom stereocenters. The molecule has 0 atom stereocenters. The lowest BCUT2D eigenvalue weighted by Crippen LogP contribution is -2.18. The van der Waals surface area contributed by atoms with Crippen LogP contribution < -0.4 is 5.32 Å². The lowest BCUT2D eigenvalue weighted by Gasteiger charge is -2.17. The number of nitrogens with one attached hydrogen (secondary N) is 1. The van der Waals surface area contributed by atoms with E-state index in [-0.39, 0.29) is 0 Å². The maximum atomic E-state index is 4.51. The molecule has 0 radical (unpaired) electrons. The van der Waals surface area contributed by atoms with Crippen LogP contribution in [0.15, 0.2) is 29.0 Å². The molecule has 2 fully saturated rings. The van der Waals surface area contributed by atoms with Gasteiger partial charge in [0.05, 0.1) is 11.2 Å². The fraction of sp³-hybridized carbons (Fsp3) is 0.500. The van der Waals surface area contributed by atoms with Crippen LogP contribution >= 0.6 is 15.9 Å². The molecular formula is C16H18BrN3. The van der Waals surface area contributed by atoms with Crippen molar-refractivity contribution in [3.05, 3.63) is 29.0 Å². The summed E-state index contributed by atoms with van der Waals surface area (Å²) in [5.41, 5.74) is 3.04. The molecule has 2 saturated carbocycles. The van der Waals surface area contributed by atoms with E-state index >= 15 is 0 Å². The first-order chi connectivity index (χ1) is 9.81. The van der Waals surface area contributed by atoms with Crippen molar-refractivity contribution in [1.82, 2.24) is 9.97 Å². The molecule has 0 bridgehead atoms. The summed E-state index contributed by atoms with van der Waals surface area (Å²) in [5, 5.41) is 3.63. The van der Waals surface area contributed by atoms with E-state index < -0.39 is 0 Å². The lowest BCUT2D eigenvalue weighted by atomic mass is 9.98. The standard InChI is InChI=1S/C16H18BrN3/c17-12-7-15-16(20-8-12)14(5-6-18-15)19-9-13(10-1-2-10)11-3-4-11/h5-8,10-11,13H,1-4,9H2,(H,18,19). The minimum Gasteiger partial charge on any atom is -0.383 e. The van der Waals surface area contributed by atoms with Gasteiger partial charge in [0, 0.05) is 23.4 Å². The van der Waals surface area contributed by atoms with Crippen LogP contribution in [-0.2, 0) is 0 Å². The van der Waals surface area contributed by atoms with Crippen molar-refractivity contribution in [3.63, 3.8) is 0 Å². The number of rotatable bonds is 5. The number of hydrogen-bond acceptors (Lipinski definition) is 3. The third-order valence-electron chi connectivity index (χ3n) is 4.53. The second-order valence-electron chi connectivity index (χ2n) is 6.10. The molecule has 0 spiro atoms. The van der Waals surface area contributed by atoms with Gasteiger partial charge >= 0.3 is 0 Å². The summed E-state index contributed by atoms with van der Waals surface area (Å²) < 4.78 is 0.975. The number of nitrogens with zero attached hydrogens (tertiary/aromatic N) is 2. The number of halogens is 1. The molecule has 0 saturated heterocycles. The van der Waals surface area contributed by atoms with E-state index in [4.69, 9.17) is 0 Å².